The topological polar surface area (TPSA) is 89.9 Å². The molecule has 0 fully saturated rings. The Balaban J connectivity index is 5.00. The number of hydrogen-bond donors (Lipinski definition) is 1. The van der Waals surface area contributed by atoms with E-state index in [1.807, 2.05) is 27.7 Å². The van der Waals surface area contributed by atoms with E-state index in [0.29, 0.717) is 18.8 Å². The van der Waals surface area contributed by atoms with Gasteiger partial charge >= 0.3 is 11.9 Å². The maximum atomic E-state index is 13.1. The van der Waals surface area contributed by atoms with Gasteiger partial charge in [-0.1, -0.05) is 53.7 Å². The van der Waals surface area contributed by atoms with Crippen LogP contribution < -0.4 is 0 Å². The van der Waals surface area contributed by atoms with Gasteiger partial charge in [0.2, 0.25) is 0 Å². The van der Waals surface area contributed by atoms with E-state index in [1.54, 1.807) is 13.8 Å². The number of rotatable bonds is 14. The highest BCUT2D eigenvalue weighted by molar-refractivity contribution is 6.00. The van der Waals surface area contributed by atoms with Crippen LogP contribution in [0.15, 0.2) is 24.3 Å². The number of carbonyl (C=O) groups is 3. The first-order valence-corrected chi connectivity index (χ1v) is 12.5. The molecule has 0 aromatic carbocycles. The van der Waals surface area contributed by atoms with E-state index >= 15 is 0 Å². The second-order valence-electron chi connectivity index (χ2n) is 13.4. The minimum atomic E-state index is -1.19. The highest BCUT2D eigenvalue weighted by atomic mass is 16.6. The molecule has 0 heterocycles. The molecule has 35 heavy (non-hydrogen) atoms. The molecule has 1 unspecified atom stereocenters. The predicted molar refractivity (Wildman–Crippen MR) is 141 cm³/mol. The molecule has 0 bridgehead atoms. The molecule has 0 aromatic rings. The van der Waals surface area contributed by atoms with Crippen molar-refractivity contribution in [3.63, 3.8) is 0 Å². The first-order chi connectivity index (χ1) is 15.5. The number of ketones is 1. The zero-order valence-electron chi connectivity index (χ0n) is 24.2. The summed E-state index contributed by atoms with van der Waals surface area (Å²) >= 11 is 0. The van der Waals surface area contributed by atoms with Crippen molar-refractivity contribution in [3.8, 4) is 0 Å². The maximum Gasteiger partial charge on any atom is 0.328 e. The first-order valence-electron chi connectivity index (χ1n) is 12.5. The number of hydrogen-bond acceptors (Lipinski definition) is 5. The molecule has 0 radical (unpaired) electrons. The molecule has 0 rings (SSSR count). The Labute approximate surface area is 213 Å². The van der Waals surface area contributed by atoms with Gasteiger partial charge < -0.3 is 14.6 Å². The van der Waals surface area contributed by atoms with Crippen LogP contribution in [0.2, 0.25) is 0 Å². The van der Waals surface area contributed by atoms with Crippen LogP contribution >= 0.6 is 0 Å². The second-order valence-corrected chi connectivity index (χ2v) is 13.4. The molecule has 0 saturated carbocycles. The van der Waals surface area contributed by atoms with Crippen molar-refractivity contribution in [1.82, 2.24) is 0 Å². The Morgan fingerprint density at radius 1 is 0.886 bits per heavy atom. The molecular formula is C29H50O6. The van der Waals surface area contributed by atoms with E-state index < -0.39 is 28.4 Å². The van der Waals surface area contributed by atoms with Gasteiger partial charge in [-0.05, 0) is 77.2 Å². The fourth-order valence-electron chi connectivity index (χ4n) is 4.14. The fourth-order valence-corrected chi connectivity index (χ4v) is 4.14. The van der Waals surface area contributed by atoms with Crippen molar-refractivity contribution in [2.45, 2.75) is 114 Å². The molecule has 0 aliphatic heterocycles. The zero-order valence-corrected chi connectivity index (χ0v) is 24.2. The summed E-state index contributed by atoms with van der Waals surface area (Å²) in [6.45, 7) is 24.0. The molecule has 6 heteroatoms. The van der Waals surface area contributed by atoms with Gasteiger partial charge in [-0.25, -0.2) is 4.79 Å². The average Bonchev–Trinajstić information content (AvgIpc) is 2.61. The third-order valence-corrected chi connectivity index (χ3v) is 5.77. The minimum Gasteiger partial charge on any atom is -0.478 e. The van der Waals surface area contributed by atoms with E-state index in [-0.39, 0.29) is 23.4 Å². The van der Waals surface area contributed by atoms with Crippen LogP contribution in [0.3, 0.4) is 0 Å². The number of aliphatic carboxylic acids is 1. The number of allylic oxidation sites excluding steroid dienone is 2. The largest absolute Gasteiger partial charge is 0.478 e. The van der Waals surface area contributed by atoms with Gasteiger partial charge in [0.25, 0.3) is 0 Å². The van der Waals surface area contributed by atoms with E-state index in [9.17, 15) is 14.4 Å². The van der Waals surface area contributed by atoms with Crippen molar-refractivity contribution < 1.29 is 29.0 Å². The van der Waals surface area contributed by atoms with Crippen molar-refractivity contribution in [1.29, 1.82) is 0 Å². The Hall–Kier alpha value is -1.95. The third kappa shape index (κ3) is 14.3. The van der Waals surface area contributed by atoms with Crippen molar-refractivity contribution in [2.75, 3.05) is 6.61 Å². The fraction of sp³-hybridized carbons (Fsp3) is 0.759. The molecule has 0 aliphatic rings. The highest BCUT2D eigenvalue weighted by Gasteiger charge is 2.38. The monoisotopic (exact) mass is 494 g/mol. The highest BCUT2D eigenvalue weighted by Crippen LogP contribution is 2.38. The second kappa shape index (κ2) is 12.3. The third-order valence-electron chi connectivity index (χ3n) is 5.77. The average molecular weight is 495 g/mol. The molecular weight excluding hydrogens is 444 g/mol. The maximum absolute atomic E-state index is 13.1. The number of carbonyl (C=O) groups excluding carboxylic acids is 2. The Morgan fingerprint density at radius 2 is 1.43 bits per heavy atom. The van der Waals surface area contributed by atoms with E-state index in [4.69, 9.17) is 14.6 Å². The summed E-state index contributed by atoms with van der Waals surface area (Å²) in [6, 6.07) is 0. The quantitative estimate of drug-likeness (QED) is 0.163. The van der Waals surface area contributed by atoms with Crippen LogP contribution in [0.4, 0.5) is 0 Å². The van der Waals surface area contributed by atoms with E-state index in [0.717, 1.165) is 18.6 Å². The lowest BCUT2D eigenvalue weighted by molar-refractivity contribution is -0.171. The van der Waals surface area contributed by atoms with Crippen molar-refractivity contribution in [3.05, 3.63) is 24.3 Å². The lowest BCUT2D eigenvalue weighted by Gasteiger charge is -2.35. The number of esters is 1. The van der Waals surface area contributed by atoms with Crippen LogP contribution in [0.5, 0.6) is 0 Å². The standard InChI is InChI=1S/C29H50O6/c1-21(19-25(2,3)4)15-16-26(5,6)20-27(7,8)24(33)35-28(9,10)17-18-34-29(11,12)22(30)13-14-23(31)32/h13-16,21H,17-20H2,1-12H3,(H,31,32)/b14-13-,16-15-. The Kier molecular flexibility index (Phi) is 11.6. The van der Waals surface area contributed by atoms with E-state index in [2.05, 4.69) is 53.7 Å². The van der Waals surface area contributed by atoms with Gasteiger partial charge in [-0.15, -0.1) is 0 Å². The Bertz CT molecular complexity index is 790. The molecule has 6 nitrogen and oxygen atoms in total. The predicted octanol–water partition coefficient (Wildman–Crippen LogP) is 6.77. The molecule has 0 aromatic heterocycles. The summed E-state index contributed by atoms with van der Waals surface area (Å²) in [5, 5.41) is 8.69. The van der Waals surface area contributed by atoms with Crippen LogP contribution in [0, 0.1) is 22.2 Å². The van der Waals surface area contributed by atoms with Crippen LogP contribution in [0.25, 0.3) is 0 Å². The summed E-state index contributed by atoms with van der Waals surface area (Å²) < 4.78 is 11.6. The van der Waals surface area contributed by atoms with Gasteiger partial charge in [-0.2, -0.15) is 0 Å². The number of carboxylic acid groups (broad SMARTS) is 1. The summed E-state index contributed by atoms with van der Waals surface area (Å²) in [5.74, 6) is -1.45. The molecule has 1 N–H and O–H groups in total. The van der Waals surface area contributed by atoms with Gasteiger partial charge in [-0.3, -0.25) is 9.59 Å². The normalized spacial score (nSPS) is 15.0. The number of ether oxygens (including phenoxy) is 2. The molecule has 202 valence electrons. The lowest BCUT2D eigenvalue weighted by atomic mass is 9.74. The summed E-state index contributed by atoms with van der Waals surface area (Å²) in [4.78, 5) is 35.9. The molecule has 0 spiro atoms. The van der Waals surface area contributed by atoms with E-state index in [1.165, 1.54) is 0 Å². The smallest absolute Gasteiger partial charge is 0.328 e. The number of carboxylic acids is 1. The van der Waals surface area contributed by atoms with Crippen molar-refractivity contribution in [2.24, 2.45) is 22.2 Å². The summed E-state index contributed by atoms with van der Waals surface area (Å²) in [7, 11) is 0. The summed E-state index contributed by atoms with van der Waals surface area (Å²) in [6.07, 6.45) is 8.39. The minimum absolute atomic E-state index is 0.171. The SMILES string of the molecule is CC(/C=C\C(C)(C)CC(C)(C)C(=O)OC(C)(C)CCOC(C)(C)C(=O)/C=C\C(=O)O)CC(C)(C)C. The van der Waals surface area contributed by atoms with Crippen LogP contribution in [-0.2, 0) is 23.9 Å². The van der Waals surface area contributed by atoms with Gasteiger partial charge in [0.1, 0.15) is 11.2 Å². The summed E-state index contributed by atoms with van der Waals surface area (Å²) in [5.41, 5.74) is -2.55. The molecule has 1 atom stereocenters. The van der Waals surface area contributed by atoms with Crippen LogP contribution in [0.1, 0.15) is 102 Å². The lowest BCUT2D eigenvalue weighted by Crippen LogP contribution is -2.40. The van der Waals surface area contributed by atoms with Gasteiger partial charge in [0, 0.05) is 12.5 Å². The first kappa shape index (κ1) is 33.0. The van der Waals surface area contributed by atoms with Gasteiger partial charge in [0.05, 0.1) is 12.0 Å². The zero-order chi connectivity index (χ0) is 27.9. The molecule has 0 amide bonds. The van der Waals surface area contributed by atoms with Crippen LogP contribution in [-0.4, -0.2) is 40.6 Å². The Morgan fingerprint density at radius 3 is 1.91 bits per heavy atom. The molecule has 0 aliphatic carbocycles. The molecule has 0 saturated heterocycles. The van der Waals surface area contributed by atoms with Crippen molar-refractivity contribution >= 4 is 17.7 Å². The van der Waals surface area contributed by atoms with Gasteiger partial charge in [0.15, 0.2) is 5.78 Å².